The number of ether oxygens (including phenoxy) is 1. The summed E-state index contributed by atoms with van der Waals surface area (Å²) in [7, 11) is 1.64. The summed E-state index contributed by atoms with van der Waals surface area (Å²) in [6, 6.07) is 7.78. The Kier molecular flexibility index (Phi) is 6.40. The molecule has 126 valence electrons. The Balaban J connectivity index is 1.74. The summed E-state index contributed by atoms with van der Waals surface area (Å²) < 4.78 is 5.29. The van der Waals surface area contributed by atoms with Crippen molar-refractivity contribution in [2.45, 2.75) is 19.3 Å². The van der Waals surface area contributed by atoms with Crippen molar-refractivity contribution in [3.8, 4) is 5.75 Å². The van der Waals surface area contributed by atoms with E-state index in [9.17, 15) is 9.59 Å². The Labute approximate surface area is 137 Å². The monoisotopic (exact) mass is 319 g/mol. The molecule has 6 heteroatoms. The highest BCUT2D eigenvalue weighted by Gasteiger charge is 2.24. The summed E-state index contributed by atoms with van der Waals surface area (Å²) in [4.78, 5) is 25.3. The van der Waals surface area contributed by atoms with Crippen LogP contribution in [0.15, 0.2) is 24.3 Å². The molecule has 1 atom stereocenters. The van der Waals surface area contributed by atoms with Gasteiger partial charge < -0.3 is 15.8 Å². The molecular weight excluding hydrogens is 294 g/mol. The number of methoxy groups -OCH3 is 1. The lowest BCUT2D eigenvalue weighted by Crippen LogP contribution is -2.45. The number of nitrogens with one attached hydrogen (secondary N) is 1. The minimum atomic E-state index is -0.272. The summed E-state index contributed by atoms with van der Waals surface area (Å²) in [5.74, 6) is 0.406. The van der Waals surface area contributed by atoms with Crippen molar-refractivity contribution in [1.82, 2.24) is 10.2 Å². The molecule has 3 N–H and O–H groups in total. The third kappa shape index (κ3) is 5.25. The van der Waals surface area contributed by atoms with Gasteiger partial charge in [-0.15, -0.1) is 0 Å². The number of amides is 2. The first kappa shape index (κ1) is 17.3. The molecule has 6 nitrogen and oxygen atoms in total. The molecule has 0 radical (unpaired) electrons. The maximum absolute atomic E-state index is 12.0. The number of carbonyl (C=O) groups is 2. The summed E-state index contributed by atoms with van der Waals surface area (Å²) in [6.07, 6.45) is 2.45. The second-order valence-corrected chi connectivity index (χ2v) is 5.89. The average molecular weight is 319 g/mol. The van der Waals surface area contributed by atoms with Gasteiger partial charge in [0, 0.05) is 13.1 Å². The normalized spacial score (nSPS) is 18.4. The highest BCUT2D eigenvalue weighted by atomic mass is 16.5. The maximum Gasteiger partial charge on any atom is 0.234 e. The van der Waals surface area contributed by atoms with Crippen LogP contribution in [0, 0.1) is 5.92 Å². The van der Waals surface area contributed by atoms with E-state index in [0.717, 1.165) is 37.1 Å². The number of nitrogens with zero attached hydrogens (tertiary/aromatic N) is 1. The van der Waals surface area contributed by atoms with E-state index in [2.05, 4.69) is 5.32 Å². The molecule has 0 saturated carbocycles. The van der Waals surface area contributed by atoms with Gasteiger partial charge in [0.15, 0.2) is 0 Å². The molecule has 1 fully saturated rings. The first-order valence-corrected chi connectivity index (χ1v) is 8.00. The third-order valence-corrected chi connectivity index (χ3v) is 4.18. The van der Waals surface area contributed by atoms with Gasteiger partial charge >= 0.3 is 0 Å². The fourth-order valence-electron chi connectivity index (χ4n) is 2.94. The van der Waals surface area contributed by atoms with Crippen LogP contribution < -0.4 is 15.8 Å². The molecule has 0 aromatic heterocycles. The summed E-state index contributed by atoms with van der Waals surface area (Å²) in [5, 5.41) is 2.92. The molecule has 0 spiro atoms. The van der Waals surface area contributed by atoms with Gasteiger partial charge in [0.25, 0.3) is 0 Å². The molecule has 1 aliphatic heterocycles. The first-order valence-electron chi connectivity index (χ1n) is 8.00. The Morgan fingerprint density at radius 2 is 2.17 bits per heavy atom. The third-order valence-electron chi connectivity index (χ3n) is 4.18. The number of likely N-dealkylation sites (tertiary alicyclic amines) is 1. The van der Waals surface area contributed by atoms with E-state index < -0.39 is 0 Å². The number of hydrogen-bond donors (Lipinski definition) is 2. The molecule has 1 saturated heterocycles. The van der Waals surface area contributed by atoms with Gasteiger partial charge in [0.05, 0.1) is 19.6 Å². The zero-order valence-corrected chi connectivity index (χ0v) is 13.6. The lowest BCUT2D eigenvalue weighted by atomic mass is 9.97. The van der Waals surface area contributed by atoms with Gasteiger partial charge in [-0.05, 0) is 37.4 Å². The zero-order chi connectivity index (χ0) is 16.7. The number of carbonyl (C=O) groups excluding carboxylic acids is 2. The van der Waals surface area contributed by atoms with E-state index >= 15 is 0 Å². The molecule has 1 aromatic carbocycles. The van der Waals surface area contributed by atoms with Gasteiger partial charge in [0.2, 0.25) is 11.8 Å². The molecule has 1 aliphatic rings. The number of primary amides is 1. The summed E-state index contributed by atoms with van der Waals surface area (Å²) >= 11 is 0. The Bertz CT molecular complexity index is 548. The molecule has 2 amide bonds. The number of benzene rings is 1. The van der Waals surface area contributed by atoms with E-state index in [1.54, 1.807) is 7.11 Å². The van der Waals surface area contributed by atoms with Crippen LogP contribution in [0.2, 0.25) is 0 Å². The molecule has 2 rings (SSSR count). The minimum absolute atomic E-state index is 0.0231. The second-order valence-electron chi connectivity index (χ2n) is 5.89. The molecular formula is C17H25N3O3. The number of piperidine rings is 1. The molecule has 1 unspecified atom stereocenters. The van der Waals surface area contributed by atoms with Gasteiger partial charge in [-0.3, -0.25) is 14.5 Å². The van der Waals surface area contributed by atoms with Crippen molar-refractivity contribution >= 4 is 11.8 Å². The van der Waals surface area contributed by atoms with Gasteiger partial charge in [-0.25, -0.2) is 0 Å². The lowest BCUT2D eigenvalue weighted by molar-refractivity contribution is -0.126. The van der Waals surface area contributed by atoms with Crippen LogP contribution in [0.1, 0.15) is 18.4 Å². The highest BCUT2D eigenvalue weighted by Crippen LogP contribution is 2.17. The fourth-order valence-corrected chi connectivity index (χ4v) is 2.94. The zero-order valence-electron chi connectivity index (χ0n) is 13.6. The molecule has 0 aliphatic carbocycles. The fraction of sp³-hybridized carbons (Fsp3) is 0.529. The van der Waals surface area contributed by atoms with Crippen molar-refractivity contribution in [2.24, 2.45) is 11.7 Å². The predicted octanol–water partition coefficient (Wildman–Crippen LogP) is 0.551. The molecule has 0 bridgehead atoms. The standard InChI is InChI=1S/C17H25N3O3/c1-23-15-7-3-2-5-13(15)8-9-19-16(21)12-20-10-4-6-14(11-20)17(18)22/h2-3,5,7,14H,4,6,8-12H2,1H3,(H2,18,22)(H,19,21). The van der Waals surface area contributed by atoms with Gasteiger partial charge in [0.1, 0.15) is 5.75 Å². The van der Waals surface area contributed by atoms with Crippen LogP contribution in [0.3, 0.4) is 0 Å². The van der Waals surface area contributed by atoms with E-state index in [0.29, 0.717) is 19.6 Å². The van der Waals surface area contributed by atoms with Crippen molar-refractivity contribution in [1.29, 1.82) is 0 Å². The number of para-hydroxylation sites is 1. The van der Waals surface area contributed by atoms with E-state index in [4.69, 9.17) is 10.5 Å². The van der Waals surface area contributed by atoms with Crippen LogP contribution in [0.25, 0.3) is 0 Å². The van der Waals surface area contributed by atoms with Gasteiger partial charge in [-0.1, -0.05) is 18.2 Å². The van der Waals surface area contributed by atoms with Crippen molar-refractivity contribution in [3.05, 3.63) is 29.8 Å². The first-order chi connectivity index (χ1) is 11.1. The number of hydrogen-bond acceptors (Lipinski definition) is 4. The molecule has 1 aromatic rings. The SMILES string of the molecule is COc1ccccc1CCNC(=O)CN1CCCC(C(N)=O)C1. The largest absolute Gasteiger partial charge is 0.496 e. The summed E-state index contributed by atoms with van der Waals surface area (Å²) in [6.45, 7) is 2.29. The van der Waals surface area contributed by atoms with Crippen LogP contribution in [-0.2, 0) is 16.0 Å². The Morgan fingerprint density at radius 1 is 1.39 bits per heavy atom. The lowest BCUT2D eigenvalue weighted by Gasteiger charge is -2.30. The highest BCUT2D eigenvalue weighted by molar-refractivity contribution is 5.79. The van der Waals surface area contributed by atoms with Crippen LogP contribution in [-0.4, -0.2) is 50.0 Å². The van der Waals surface area contributed by atoms with Crippen molar-refractivity contribution < 1.29 is 14.3 Å². The van der Waals surface area contributed by atoms with Crippen LogP contribution >= 0.6 is 0 Å². The smallest absolute Gasteiger partial charge is 0.234 e. The molecule has 1 heterocycles. The average Bonchev–Trinajstić information content (AvgIpc) is 2.55. The van der Waals surface area contributed by atoms with Crippen LogP contribution in [0.5, 0.6) is 5.75 Å². The summed E-state index contributed by atoms with van der Waals surface area (Å²) in [5.41, 5.74) is 6.43. The molecule has 23 heavy (non-hydrogen) atoms. The van der Waals surface area contributed by atoms with Crippen LogP contribution in [0.4, 0.5) is 0 Å². The quantitative estimate of drug-likeness (QED) is 0.769. The maximum atomic E-state index is 12.0. The minimum Gasteiger partial charge on any atom is -0.496 e. The van der Waals surface area contributed by atoms with E-state index in [1.807, 2.05) is 29.2 Å². The van der Waals surface area contributed by atoms with E-state index in [1.165, 1.54) is 0 Å². The van der Waals surface area contributed by atoms with Gasteiger partial charge in [-0.2, -0.15) is 0 Å². The number of nitrogens with two attached hydrogens (primary N) is 1. The second kappa shape index (κ2) is 8.53. The Morgan fingerprint density at radius 3 is 2.91 bits per heavy atom. The number of rotatable bonds is 7. The van der Waals surface area contributed by atoms with Crippen molar-refractivity contribution in [3.63, 3.8) is 0 Å². The predicted molar refractivity (Wildman–Crippen MR) is 88.1 cm³/mol. The topological polar surface area (TPSA) is 84.7 Å². The Hall–Kier alpha value is -2.08. The van der Waals surface area contributed by atoms with E-state index in [-0.39, 0.29) is 17.7 Å². The van der Waals surface area contributed by atoms with Crippen molar-refractivity contribution in [2.75, 3.05) is 33.3 Å².